The fourth-order valence-electron chi connectivity index (χ4n) is 2.94. The topological polar surface area (TPSA) is 82.5 Å². The van der Waals surface area contributed by atoms with E-state index in [0.717, 1.165) is 22.6 Å². The quantitative estimate of drug-likeness (QED) is 0.590. The van der Waals surface area contributed by atoms with Gasteiger partial charge in [-0.05, 0) is 55.0 Å². The SMILES string of the molecule is CCOc1ccc(-c2ccc(=O)n(CCNC(=O)Cc3ccc(OC)cc3)n2)cc1. The molecule has 0 aliphatic rings. The van der Waals surface area contributed by atoms with Crippen LogP contribution >= 0.6 is 0 Å². The van der Waals surface area contributed by atoms with Crippen molar-refractivity contribution in [2.75, 3.05) is 20.3 Å². The van der Waals surface area contributed by atoms with Gasteiger partial charge in [0.1, 0.15) is 11.5 Å². The van der Waals surface area contributed by atoms with Crippen molar-refractivity contribution in [3.05, 3.63) is 76.6 Å². The highest BCUT2D eigenvalue weighted by molar-refractivity contribution is 5.78. The zero-order valence-electron chi connectivity index (χ0n) is 17.1. The molecule has 0 aliphatic heterocycles. The Morgan fingerprint density at radius 2 is 1.70 bits per heavy atom. The van der Waals surface area contributed by atoms with Gasteiger partial charge in [-0.15, -0.1) is 0 Å². The zero-order chi connectivity index (χ0) is 21.3. The fraction of sp³-hybridized carbons (Fsp3) is 0.261. The molecule has 1 heterocycles. The minimum atomic E-state index is -0.214. The summed E-state index contributed by atoms with van der Waals surface area (Å²) in [7, 11) is 1.60. The van der Waals surface area contributed by atoms with Gasteiger partial charge in [-0.2, -0.15) is 5.10 Å². The Morgan fingerprint density at radius 1 is 1.00 bits per heavy atom. The minimum Gasteiger partial charge on any atom is -0.497 e. The van der Waals surface area contributed by atoms with Crippen LogP contribution in [0.25, 0.3) is 11.3 Å². The predicted octanol–water partition coefficient (Wildman–Crippen LogP) is 2.68. The van der Waals surface area contributed by atoms with Crippen molar-refractivity contribution < 1.29 is 14.3 Å². The number of carbonyl (C=O) groups is 1. The summed E-state index contributed by atoms with van der Waals surface area (Å²) >= 11 is 0. The molecular weight excluding hydrogens is 382 g/mol. The molecule has 0 radical (unpaired) electrons. The number of aromatic nitrogens is 2. The molecule has 0 saturated heterocycles. The van der Waals surface area contributed by atoms with Crippen LogP contribution in [0.15, 0.2) is 65.5 Å². The molecule has 1 N–H and O–H groups in total. The van der Waals surface area contributed by atoms with Gasteiger partial charge >= 0.3 is 0 Å². The van der Waals surface area contributed by atoms with Gasteiger partial charge in [-0.1, -0.05) is 12.1 Å². The first-order valence-corrected chi connectivity index (χ1v) is 9.80. The molecule has 156 valence electrons. The molecule has 2 aromatic carbocycles. The second-order valence-corrected chi connectivity index (χ2v) is 6.61. The normalized spacial score (nSPS) is 10.5. The van der Waals surface area contributed by atoms with Gasteiger partial charge in [0.2, 0.25) is 5.91 Å². The van der Waals surface area contributed by atoms with E-state index in [1.165, 1.54) is 10.7 Å². The number of rotatable bonds is 9. The summed E-state index contributed by atoms with van der Waals surface area (Å²) in [6, 6.07) is 18.1. The summed E-state index contributed by atoms with van der Waals surface area (Å²) in [5, 5.41) is 7.25. The van der Waals surface area contributed by atoms with Crippen LogP contribution in [0.4, 0.5) is 0 Å². The molecule has 0 bridgehead atoms. The summed E-state index contributed by atoms with van der Waals surface area (Å²) in [5.74, 6) is 1.42. The van der Waals surface area contributed by atoms with Crippen LogP contribution in [0.3, 0.4) is 0 Å². The average molecular weight is 407 g/mol. The Kier molecular flexibility index (Phi) is 7.21. The largest absolute Gasteiger partial charge is 0.497 e. The molecule has 1 amide bonds. The number of benzene rings is 2. The van der Waals surface area contributed by atoms with Crippen LogP contribution in [0, 0.1) is 0 Å². The third-order valence-electron chi connectivity index (χ3n) is 4.50. The molecule has 1 aromatic heterocycles. The van der Waals surface area contributed by atoms with Crippen LogP contribution in [0.1, 0.15) is 12.5 Å². The average Bonchev–Trinajstić information content (AvgIpc) is 2.76. The van der Waals surface area contributed by atoms with Crippen LogP contribution in [0.2, 0.25) is 0 Å². The van der Waals surface area contributed by atoms with Gasteiger partial charge in [-0.3, -0.25) is 9.59 Å². The summed E-state index contributed by atoms with van der Waals surface area (Å²) in [4.78, 5) is 24.3. The number of carbonyl (C=O) groups excluding carboxylic acids is 1. The van der Waals surface area contributed by atoms with Crippen molar-refractivity contribution in [2.24, 2.45) is 0 Å². The minimum absolute atomic E-state index is 0.115. The molecule has 0 aliphatic carbocycles. The van der Waals surface area contributed by atoms with Gasteiger partial charge in [0.15, 0.2) is 0 Å². The molecule has 0 spiro atoms. The van der Waals surface area contributed by atoms with Crippen molar-refractivity contribution >= 4 is 5.91 Å². The summed E-state index contributed by atoms with van der Waals surface area (Å²) < 4.78 is 11.9. The zero-order valence-corrected chi connectivity index (χ0v) is 17.1. The lowest BCUT2D eigenvalue weighted by molar-refractivity contribution is -0.120. The van der Waals surface area contributed by atoms with E-state index in [1.54, 1.807) is 13.2 Å². The van der Waals surface area contributed by atoms with E-state index in [9.17, 15) is 9.59 Å². The highest BCUT2D eigenvalue weighted by Crippen LogP contribution is 2.19. The van der Waals surface area contributed by atoms with E-state index in [2.05, 4.69) is 10.4 Å². The highest BCUT2D eigenvalue weighted by Gasteiger charge is 2.06. The Bertz CT molecular complexity index is 1030. The van der Waals surface area contributed by atoms with Crippen molar-refractivity contribution in [3.8, 4) is 22.8 Å². The van der Waals surface area contributed by atoms with Crippen LogP contribution < -0.4 is 20.3 Å². The molecule has 0 saturated carbocycles. The molecule has 7 nitrogen and oxygen atoms in total. The van der Waals surface area contributed by atoms with Crippen LogP contribution in [-0.4, -0.2) is 35.9 Å². The lowest BCUT2D eigenvalue weighted by Gasteiger charge is -2.09. The van der Waals surface area contributed by atoms with Crippen molar-refractivity contribution in [1.29, 1.82) is 0 Å². The first-order chi connectivity index (χ1) is 14.6. The van der Waals surface area contributed by atoms with E-state index >= 15 is 0 Å². The molecule has 7 heteroatoms. The third-order valence-corrected chi connectivity index (χ3v) is 4.50. The lowest BCUT2D eigenvalue weighted by atomic mass is 10.1. The lowest BCUT2D eigenvalue weighted by Crippen LogP contribution is -2.32. The maximum atomic E-state index is 12.2. The summed E-state index contributed by atoms with van der Waals surface area (Å²) in [5.41, 5.74) is 2.24. The monoisotopic (exact) mass is 407 g/mol. The van der Waals surface area contributed by atoms with E-state index < -0.39 is 0 Å². The molecule has 3 aromatic rings. The molecular formula is C23H25N3O4. The van der Waals surface area contributed by atoms with Crippen LogP contribution in [0.5, 0.6) is 11.5 Å². The van der Waals surface area contributed by atoms with Gasteiger partial charge in [0.25, 0.3) is 5.56 Å². The van der Waals surface area contributed by atoms with Gasteiger partial charge in [-0.25, -0.2) is 4.68 Å². The number of amides is 1. The number of ether oxygens (including phenoxy) is 2. The van der Waals surface area contributed by atoms with E-state index in [1.807, 2.05) is 55.5 Å². The number of hydrogen-bond donors (Lipinski definition) is 1. The van der Waals surface area contributed by atoms with Crippen molar-refractivity contribution in [2.45, 2.75) is 19.9 Å². The van der Waals surface area contributed by atoms with E-state index in [4.69, 9.17) is 9.47 Å². The summed E-state index contributed by atoms with van der Waals surface area (Å²) in [6.07, 6.45) is 0.262. The fourth-order valence-corrected chi connectivity index (χ4v) is 2.94. The molecule has 0 unspecified atom stereocenters. The van der Waals surface area contributed by atoms with E-state index in [-0.39, 0.29) is 24.4 Å². The van der Waals surface area contributed by atoms with Crippen molar-refractivity contribution in [1.82, 2.24) is 15.1 Å². The van der Waals surface area contributed by atoms with Crippen molar-refractivity contribution in [3.63, 3.8) is 0 Å². The van der Waals surface area contributed by atoms with Gasteiger partial charge in [0, 0.05) is 18.2 Å². The molecule has 0 fully saturated rings. The standard InChI is InChI=1S/C23H25N3O4/c1-3-30-20-10-6-18(7-11-20)21-12-13-23(28)26(25-21)15-14-24-22(27)16-17-4-8-19(29-2)9-5-17/h4-13H,3,14-16H2,1-2H3,(H,24,27). The Hall–Kier alpha value is -3.61. The maximum Gasteiger partial charge on any atom is 0.266 e. The number of hydrogen-bond acceptors (Lipinski definition) is 5. The van der Waals surface area contributed by atoms with Gasteiger partial charge in [0.05, 0.1) is 32.4 Å². The smallest absolute Gasteiger partial charge is 0.266 e. The Morgan fingerprint density at radius 3 is 2.37 bits per heavy atom. The third kappa shape index (κ3) is 5.70. The first kappa shape index (κ1) is 21.1. The molecule has 0 atom stereocenters. The summed E-state index contributed by atoms with van der Waals surface area (Å²) in [6.45, 7) is 3.14. The number of methoxy groups -OCH3 is 1. The Labute approximate surface area is 175 Å². The first-order valence-electron chi connectivity index (χ1n) is 9.80. The second-order valence-electron chi connectivity index (χ2n) is 6.61. The Balaban J connectivity index is 1.57. The van der Waals surface area contributed by atoms with Gasteiger partial charge < -0.3 is 14.8 Å². The number of nitrogens with one attached hydrogen (secondary N) is 1. The van der Waals surface area contributed by atoms with E-state index in [0.29, 0.717) is 18.8 Å². The van der Waals surface area contributed by atoms with Crippen LogP contribution in [-0.2, 0) is 17.8 Å². The highest BCUT2D eigenvalue weighted by atomic mass is 16.5. The second kappa shape index (κ2) is 10.2. The molecule has 30 heavy (non-hydrogen) atoms. The predicted molar refractivity (Wildman–Crippen MR) is 115 cm³/mol. The molecule has 3 rings (SSSR count). The number of nitrogens with zero attached hydrogens (tertiary/aromatic N) is 2. The maximum absolute atomic E-state index is 12.2.